The number of nitrogens with zero attached hydrogens (tertiary/aromatic N) is 2. The monoisotopic (exact) mass is 338 g/mol. The maximum atomic E-state index is 12.2. The van der Waals surface area contributed by atoms with Gasteiger partial charge in [0, 0.05) is 18.3 Å². The highest BCUT2D eigenvalue weighted by atomic mass is 35.5. The molecule has 0 aliphatic carbocycles. The van der Waals surface area contributed by atoms with Crippen molar-refractivity contribution < 1.29 is 9.53 Å². The van der Waals surface area contributed by atoms with Crippen LogP contribution < -0.4 is 15.8 Å². The third-order valence-corrected chi connectivity index (χ3v) is 3.37. The van der Waals surface area contributed by atoms with Gasteiger partial charge in [-0.25, -0.2) is 4.68 Å². The second-order valence-corrected chi connectivity index (χ2v) is 5.86. The zero-order valence-electron chi connectivity index (χ0n) is 13.8. The molecular formula is C16H23ClN4O2. The number of rotatable bonds is 5. The van der Waals surface area contributed by atoms with Gasteiger partial charge < -0.3 is 15.8 Å². The van der Waals surface area contributed by atoms with Crippen molar-refractivity contribution in [3.05, 3.63) is 41.7 Å². The highest BCUT2D eigenvalue weighted by molar-refractivity contribution is 5.92. The number of hydrogen-bond acceptors (Lipinski definition) is 4. The number of amides is 1. The molecule has 0 radical (unpaired) electrons. The lowest BCUT2D eigenvalue weighted by Crippen LogP contribution is -2.48. The van der Waals surface area contributed by atoms with Crippen molar-refractivity contribution in [2.45, 2.75) is 26.3 Å². The molecule has 1 amide bonds. The highest BCUT2D eigenvalue weighted by Gasteiger charge is 2.21. The number of methoxy groups -OCH3 is 1. The minimum absolute atomic E-state index is 0. The molecule has 0 aliphatic rings. The van der Waals surface area contributed by atoms with Crippen LogP contribution in [0.5, 0.6) is 5.75 Å². The van der Waals surface area contributed by atoms with Crippen LogP contribution in [0.25, 0.3) is 5.69 Å². The Hall–Kier alpha value is -2.05. The van der Waals surface area contributed by atoms with Gasteiger partial charge in [0.2, 0.25) is 0 Å². The number of nitrogens with one attached hydrogen (secondary N) is 1. The predicted octanol–water partition coefficient (Wildman–Crippen LogP) is 2.08. The number of carbonyl (C=O) groups excluding carboxylic acids is 1. The summed E-state index contributed by atoms with van der Waals surface area (Å²) in [5.41, 5.74) is 7.37. The van der Waals surface area contributed by atoms with E-state index in [1.165, 1.54) is 0 Å². The number of hydrogen-bond donors (Lipinski definition) is 2. The summed E-state index contributed by atoms with van der Waals surface area (Å²) >= 11 is 0. The van der Waals surface area contributed by atoms with Crippen molar-refractivity contribution in [1.29, 1.82) is 0 Å². The summed E-state index contributed by atoms with van der Waals surface area (Å²) in [5, 5.41) is 7.19. The van der Waals surface area contributed by atoms with Crippen molar-refractivity contribution in [3.63, 3.8) is 0 Å². The predicted molar refractivity (Wildman–Crippen MR) is 92.7 cm³/mol. The van der Waals surface area contributed by atoms with E-state index in [1.54, 1.807) is 24.1 Å². The molecule has 1 aromatic heterocycles. The molecule has 0 saturated heterocycles. The van der Waals surface area contributed by atoms with Crippen molar-refractivity contribution >= 4 is 18.3 Å². The van der Waals surface area contributed by atoms with E-state index in [-0.39, 0.29) is 18.3 Å². The summed E-state index contributed by atoms with van der Waals surface area (Å²) in [4.78, 5) is 12.2. The van der Waals surface area contributed by atoms with Gasteiger partial charge in [-0.05, 0) is 44.5 Å². The third-order valence-electron chi connectivity index (χ3n) is 3.37. The van der Waals surface area contributed by atoms with Crippen molar-refractivity contribution in [2.75, 3.05) is 13.7 Å². The Kier molecular flexibility index (Phi) is 6.18. The van der Waals surface area contributed by atoms with Gasteiger partial charge >= 0.3 is 0 Å². The summed E-state index contributed by atoms with van der Waals surface area (Å²) in [6, 6.07) is 7.47. The van der Waals surface area contributed by atoms with E-state index in [1.807, 2.05) is 39.0 Å². The lowest BCUT2D eigenvalue weighted by atomic mass is 10.1. The smallest absolute Gasteiger partial charge is 0.272 e. The molecule has 0 aliphatic heterocycles. The molecule has 2 rings (SSSR count). The van der Waals surface area contributed by atoms with Crippen molar-refractivity contribution in [2.24, 2.45) is 5.73 Å². The Bertz CT molecular complexity index is 682. The molecule has 7 heteroatoms. The van der Waals surface area contributed by atoms with E-state index in [0.29, 0.717) is 18.0 Å². The second kappa shape index (κ2) is 7.48. The lowest BCUT2D eigenvalue weighted by molar-refractivity contribution is 0.0910. The third kappa shape index (κ3) is 4.46. The Morgan fingerprint density at radius 2 is 2.09 bits per heavy atom. The maximum Gasteiger partial charge on any atom is 0.272 e. The fraction of sp³-hybridized carbons (Fsp3) is 0.375. The van der Waals surface area contributed by atoms with E-state index in [2.05, 4.69) is 10.4 Å². The first-order valence-corrected chi connectivity index (χ1v) is 7.09. The van der Waals surface area contributed by atoms with Crippen molar-refractivity contribution in [1.82, 2.24) is 15.1 Å². The number of nitrogens with two attached hydrogens (primary N) is 1. The molecule has 0 fully saturated rings. The van der Waals surface area contributed by atoms with E-state index in [4.69, 9.17) is 10.5 Å². The van der Waals surface area contributed by atoms with Crippen molar-refractivity contribution in [3.8, 4) is 11.4 Å². The van der Waals surface area contributed by atoms with Crippen LogP contribution in [-0.4, -0.2) is 34.9 Å². The summed E-state index contributed by atoms with van der Waals surface area (Å²) in [6.45, 7) is 6.08. The van der Waals surface area contributed by atoms with E-state index >= 15 is 0 Å². The van der Waals surface area contributed by atoms with E-state index in [0.717, 1.165) is 11.3 Å². The molecule has 0 spiro atoms. The van der Waals surface area contributed by atoms with Crippen LogP contribution in [0.2, 0.25) is 0 Å². The van der Waals surface area contributed by atoms with Crippen LogP contribution in [0.3, 0.4) is 0 Å². The van der Waals surface area contributed by atoms with Gasteiger partial charge in [-0.15, -0.1) is 12.4 Å². The van der Waals surface area contributed by atoms with E-state index in [9.17, 15) is 4.79 Å². The number of aromatic nitrogens is 2. The molecular weight excluding hydrogens is 316 g/mol. The SMILES string of the molecule is COc1ccc(C)cc1-n1ccc(C(=O)NC(C)(C)CN)n1.Cl. The highest BCUT2D eigenvalue weighted by Crippen LogP contribution is 2.23. The molecule has 0 atom stereocenters. The Balaban J connectivity index is 0.00000264. The number of halogens is 1. The summed E-state index contributed by atoms with van der Waals surface area (Å²) in [5.74, 6) is 0.448. The van der Waals surface area contributed by atoms with Crippen LogP contribution in [0.1, 0.15) is 29.9 Å². The minimum Gasteiger partial charge on any atom is -0.494 e. The summed E-state index contributed by atoms with van der Waals surface area (Å²) in [7, 11) is 1.61. The van der Waals surface area contributed by atoms with Crippen LogP contribution >= 0.6 is 12.4 Å². The van der Waals surface area contributed by atoms with Gasteiger partial charge in [0.25, 0.3) is 5.91 Å². The molecule has 1 heterocycles. The maximum absolute atomic E-state index is 12.2. The van der Waals surface area contributed by atoms with Crippen LogP contribution in [0.15, 0.2) is 30.5 Å². The van der Waals surface area contributed by atoms with Crippen LogP contribution in [-0.2, 0) is 0 Å². The molecule has 2 aromatic rings. The fourth-order valence-electron chi connectivity index (χ4n) is 1.98. The van der Waals surface area contributed by atoms with Crippen LogP contribution in [0, 0.1) is 6.92 Å². The topological polar surface area (TPSA) is 82.2 Å². The normalized spacial score (nSPS) is 10.8. The molecule has 0 saturated carbocycles. The minimum atomic E-state index is -0.470. The number of carbonyl (C=O) groups is 1. The van der Waals surface area contributed by atoms with Crippen LogP contribution in [0.4, 0.5) is 0 Å². The van der Waals surface area contributed by atoms with Gasteiger partial charge in [0.1, 0.15) is 11.4 Å². The number of aryl methyl sites for hydroxylation is 1. The summed E-state index contributed by atoms with van der Waals surface area (Å²) < 4.78 is 6.98. The van der Waals surface area contributed by atoms with Gasteiger partial charge in [0.15, 0.2) is 5.69 Å². The first-order chi connectivity index (χ1) is 10.4. The number of ether oxygens (including phenoxy) is 1. The van der Waals surface area contributed by atoms with Gasteiger partial charge in [-0.2, -0.15) is 5.10 Å². The zero-order valence-corrected chi connectivity index (χ0v) is 14.6. The molecule has 1 aromatic carbocycles. The fourth-order valence-corrected chi connectivity index (χ4v) is 1.98. The largest absolute Gasteiger partial charge is 0.494 e. The average molecular weight is 339 g/mol. The molecule has 6 nitrogen and oxygen atoms in total. The lowest BCUT2D eigenvalue weighted by Gasteiger charge is -2.23. The molecule has 0 unspecified atom stereocenters. The number of benzene rings is 1. The van der Waals surface area contributed by atoms with Gasteiger partial charge in [-0.1, -0.05) is 6.07 Å². The molecule has 0 bridgehead atoms. The molecule has 126 valence electrons. The second-order valence-electron chi connectivity index (χ2n) is 5.86. The Labute approximate surface area is 142 Å². The zero-order chi connectivity index (χ0) is 16.3. The van der Waals surface area contributed by atoms with Gasteiger partial charge in [-0.3, -0.25) is 4.79 Å². The summed E-state index contributed by atoms with van der Waals surface area (Å²) in [6.07, 6.45) is 1.74. The standard InChI is InChI=1S/C16H22N4O2.ClH/c1-11-5-6-14(22-4)13(9-11)20-8-7-12(19-20)15(21)18-16(2,3)10-17;/h5-9H,10,17H2,1-4H3,(H,18,21);1H. The van der Waals surface area contributed by atoms with E-state index < -0.39 is 5.54 Å². The molecule has 23 heavy (non-hydrogen) atoms. The first-order valence-electron chi connectivity index (χ1n) is 7.09. The Morgan fingerprint density at radius 3 is 2.70 bits per heavy atom. The molecule has 3 N–H and O–H groups in total. The quantitative estimate of drug-likeness (QED) is 0.874. The first kappa shape index (κ1) is 19.0. The average Bonchev–Trinajstić information content (AvgIpc) is 2.96. The Morgan fingerprint density at radius 1 is 1.39 bits per heavy atom. The van der Waals surface area contributed by atoms with Gasteiger partial charge in [0.05, 0.1) is 7.11 Å².